The number of anilines is 1. The van der Waals surface area contributed by atoms with Crippen molar-refractivity contribution >= 4 is 17.5 Å². The topological polar surface area (TPSA) is 49.4 Å². The Bertz CT molecular complexity index is 826. The molecule has 4 nitrogen and oxygen atoms in total. The molecule has 0 saturated heterocycles. The van der Waals surface area contributed by atoms with Gasteiger partial charge >= 0.3 is 6.18 Å². The number of carbonyl (C=O) groups excluding carboxylic acids is 2. The fourth-order valence-corrected chi connectivity index (χ4v) is 2.65. The van der Waals surface area contributed by atoms with Gasteiger partial charge < -0.3 is 10.2 Å². The van der Waals surface area contributed by atoms with Crippen LogP contribution < -0.4 is 5.32 Å². The van der Waals surface area contributed by atoms with Crippen molar-refractivity contribution in [3.05, 3.63) is 65.2 Å². The smallest absolute Gasteiger partial charge is 0.337 e. The third-order valence-corrected chi connectivity index (χ3v) is 4.40. The van der Waals surface area contributed by atoms with E-state index in [1.165, 1.54) is 17.0 Å². The molecule has 27 heavy (non-hydrogen) atoms. The summed E-state index contributed by atoms with van der Waals surface area (Å²) in [5.41, 5.74) is 0.957. The fourth-order valence-electron chi connectivity index (χ4n) is 2.65. The van der Waals surface area contributed by atoms with Crippen molar-refractivity contribution in [1.29, 1.82) is 0 Å². The van der Waals surface area contributed by atoms with Crippen LogP contribution in [0.5, 0.6) is 0 Å². The predicted octanol–water partition coefficient (Wildman–Crippen LogP) is 4.33. The van der Waals surface area contributed by atoms with Crippen LogP contribution in [0, 0.1) is 5.92 Å². The third-order valence-electron chi connectivity index (χ3n) is 4.40. The summed E-state index contributed by atoms with van der Waals surface area (Å²) in [5, 5.41) is 2.80. The van der Waals surface area contributed by atoms with E-state index in [1.807, 2.05) is 0 Å². The molecule has 0 bridgehead atoms. The second kappa shape index (κ2) is 7.42. The molecule has 2 amide bonds. The van der Waals surface area contributed by atoms with Gasteiger partial charge in [-0.3, -0.25) is 9.59 Å². The van der Waals surface area contributed by atoms with E-state index >= 15 is 0 Å². The summed E-state index contributed by atoms with van der Waals surface area (Å²) in [4.78, 5) is 25.7. The first-order chi connectivity index (χ1) is 12.7. The minimum absolute atomic E-state index is 0.00602. The first-order valence-electron chi connectivity index (χ1n) is 8.56. The molecule has 7 heteroatoms. The molecule has 1 aliphatic carbocycles. The lowest BCUT2D eigenvalue weighted by molar-refractivity contribution is -0.137. The zero-order chi connectivity index (χ0) is 19.6. The maximum absolute atomic E-state index is 12.6. The Morgan fingerprint density at radius 3 is 2.15 bits per heavy atom. The lowest BCUT2D eigenvalue weighted by Gasteiger charge is -2.18. The summed E-state index contributed by atoms with van der Waals surface area (Å²) in [6.45, 7) is 0.192. The molecule has 0 atom stereocenters. The Kier molecular flexibility index (Phi) is 5.21. The van der Waals surface area contributed by atoms with Crippen LogP contribution >= 0.6 is 0 Å². The predicted molar refractivity (Wildman–Crippen MR) is 95.0 cm³/mol. The van der Waals surface area contributed by atoms with Crippen LogP contribution in [0.3, 0.4) is 0 Å². The molecular formula is C20H19F3N2O2. The van der Waals surface area contributed by atoms with E-state index in [1.54, 1.807) is 31.3 Å². The quantitative estimate of drug-likeness (QED) is 0.845. The monoisotopic (exact) mass is 376 g/mol. The maximum atomic E-state index is 12.6. The normalized spacial score (nSPS) is 13.9. The van der Waals surface area contributed by atoms with Gasteiger partial charge in [0.25, 0.3) is 5.91 Å². The van der Waals surface area contributed by atoms with Crippen molar-refractivity contribution in [1.82, 2.24) is 4.90 Å². The highest BCUT2D eigenvalue weighted by Crippen LogP contribution is 2.30. The van der Waals surface area contributed by atoms with Gasteiger partial charge in [0.15, 0.2) is 0 Å². The molecule has 1 aliphatic rings. The van der Waals surface area contributed by atoms with E-state index in [0.29, 0.717) is 16.8 Å². The standard InChI is InChI=1S/C20H19F3N2O2/c1-25(12-13-2-8-16(9-3-13)20(21,22)23)19(27)15-6-10-17(11-7-15)24-18(26)14-4-5-14/h2-3,6-11,14H,4-5,12H2,1H3,(H,24,26). The van der Waals surface area contributed by atoms with Crippen molar-refractivity contribution in [2.24, 2.45) is 5.92 Å². The third kappa shape index (κ3) is 4.87. The van der Waals surface area contributed by atoms with Crippen molar-refractivity contribution in [2.45, 2.75) is 25.6 Å². The van der Waals surface area contributed by atoms with E-state index in [-0.39, 0.29) is 24.3 Å². The summed E-state index contributed by atoms with van der Waals surface area (Å²) in [7, 11) is 1.59. The molecule has 2 aromatic carbocycles. The fraction of sp³-hybridized carbons (Fsp3) is 0.300. The van der Waals surface area contributed by atoms with Gasteiger partial charge in [-0.2, -0.15) is 13.2 Å². The van der Waals surface area contributed by atoms with Gasteiger partial charge in [0.05, 0.1) is 5.56 Å². The summed E-state index contributed by atoms with van der Waals surface area (Å²) >= 11 is 0. The van der Waals surface area contributed by atoms with Crippen LogP contribution in [0.1, 0.15) is 34.3 Å². The van der Waals surface area contributed by atoms with E-state index in [2.05, 4.69) is 5.32 Å². The number of rotatable bonds is 5. The Morgan fingerprint density at radius 1 is 1.04 bits per heavy atom. The van der Waals surface area contributed by atoms with Crippen LogP contribution in [0.15, 0.2) is 48.5 Å². The minimum Gasteiger partial charge on any atom is -0.337 e. The highest BCUT2D eigenvalue weighted by molar-refractivity contribution is 5.96. The number of nitrogens with zero attached hydrogens (tertiary/aromatic N) is 1. The molecule has 0 heterocycles. The number of alkyl halides is 3. The molecule has 0 unspecified atom stereocenters. The van der Waals surface area contributed by atoms with Crippen molar-refractivity contribution in [3.63, 3.8) is 0 Å². The van der Waals surface area contributed by atoms with Crippen molar-refractivity contribution < 1.29 is 22.8 Å². The van der Waals surface area contributed by atoms with Gasteiger partial charge in [0.1, 0.15) is 0 Å². The Morgan fingerprint density at radius 2 is 1.63 bits per heavy atom. The Labute approximate surface area is 155 Å². The van der Waals surface area contributed by atoms with Gasteiger partial charge in [-0.1, -0.05) is 12.1 Å². The van der Waals surface area contributed by atoms with Crippen LogP contribution in [0.25, 0.3) is 0 Å². The Balaban J connectivity index is 1.60. The molecule has 1 saturated carbocycles. The van der Waals surface area contributed by atoms with E-state index in [9.17, 15) is 22.8 Å². The van der Waals surface area contributed by atoms with Crippen molar-refractivity contribution in [2.75, 3.05) is 12.4 Å². The van der Waals surface area contributed by atoms with Crippen molar-refractivity contribution in [3.8, 4) is 0 Å². The van der Waals surface area contributed by atoms with Crippen LogP contribution in [0.2, 0.25) is 0 Å². The first-order valence-corrected chi connectivity index (χ1v) is 8.56. The second-order valence-corrected chi connectivity index (χ2v) is 6.70. The van der Waals surface area contributed by atoms with E-state index < -0.39 is 11.7 Å². The molecule has 2 aromatic rings. The van der Waals surface area contributed by atoms with Gasteiger partial charge in [0.2, 0.25) is 5.91 Å². The summed E-state index contributed by atoms with van der Waals surface area (Å²) < 4.78 is 37.8. The molecule has 0 aromatic heterocycles. The lowest BCUT2D eigenvalue weighted by atomic mass is 10.1. The zero-order valence-corrected chi connectivity index (χ0v) is 14.7. The summed E-state index contributed by atoms with van der Waals surface area (Å²) in [6, 6.07) is 11.3. The molecule has 1 N–H and O–H groups in total. The van der Waals surface area contributed by atoms with Gasteiger partial charge in [-0.15, -0.1) is 0 Å². The number of benzene rings is 2. The number of amides is 2. The number of hydrogen-bond acceptors (Lipinski definition) is 2. The zero-order valence-electron chi connectivity index (χ0n) is 14.7. The molecule has 142 valence electrons. The first kappa shape index (κ1) is 18.9. The molecule has 1 fully saturated rings. The second-order valence-electron chi connectivity index (χ2n) is 6.70. The van der Waals surface area contributed by atoms with E-state index in [0.717, 1.165) is 25.0 Å². The molecular weight excluding hydrogens is 357 g/mol. The lowest BCUT2D eigenvalue weighted by Crippen LogP contribution is -2.26. The Hall–Kier alpha value is -2.83. The molecule has 0 radical (unpaired) electrons. The van der Waals surface area contributed by atoms with Gasteiger partial charge in [-0.05, 0) is 54.8 Å². The highest BCUT2D eigenvalue weighted by Gasteiger charge is 2.30. The number of halogens is 3. The SMILES string of the molecule is CN(Cc1ccc(C(F)(F)F)cc1)C(=O)c1ccc(NC(=O)C2CC2)cc1. The van der Waals surface area contributed by atoms with Gasteiger partial charge in [-0.25, -0.2) is 0 Å². The maximum Gasteiger partial charge on any atom is 0.416 e. The average molecular weight is 376 g/mol. The van der Waals surface area contributed by atoms with Gasteiger partial charge in [0, 0.05) is 30.8 Å². The number of hydrogen-bond donors (Lipinski definition) is 1. The molecule has 3 rings (SSSR count). The number of nitrogens with one attached hydrogen (secondary N) is 1. The number of carbonyl (C=O) groups is 2. The average Bonchev–Trinajstić information content (AvgIpc) is 3.46. The molecule has 0 spiro atoms. The van der Waals surface area contributed by atoms with Crippen LogP contribution in [-0.2, 0) is 17.5 Å². The van der Waals surface area contributed by atoms with Crippen LogP contribution in [0.4, 0.5) is 18.9 Å². The summed E-state index contributed by atoms with van der Waals surface area (Å²) in [5.74, 6) is -0.162. The minimum atomic E-state index is -4.38. The van der Waals surface area contributed by atoms with E-state index in [4.69, 9.17) is 0 Å². The molecule has 0 aliphatic heterocycles. The summed E-state index contributed by atoms with van der Waals surface area (Å²) in [6.07, 6.45) is -2.55. The highest BCUT2D eigenvalue weighted by atomic mass is 19.4. The largest absolute Gasteiger partial charge is 0.416 e. The van der Waals surface area contributed by atoms with Crippen LogP contribution in [-0.4, -0.2) is 23.8 Å².